The number of amides is 1. The van der Waals surface area contributed by atoms with Crippen molar-refractivity contribution in [1.82, 2.24) is 4.90 Å². The number of aliphatic hydroxyl groups excluding tert-OH is 1. The fourth-order valence-electron chi connectivity index (χ4n) is 2.92. The number of hydrogen-bond acceptors (Lipinski definition) is 3. The second-order valence-corrected chi connectivity index (χ2v) is 6.75. The van der Waals surface area contributed by atoms with Crippen LogP contribution in [0.1, 0.15) is 38.7 Å². The van der Waals surface area contributed by atoms with Crippen molar-refractivity contribution in [3.8, 4) is 0 Å². The summed E-state index contributed by atoms with van der Waals surface area (Å²) in [5.41, 5.74) is 2.11. The quantitative estimate of drug-likeness (QED) is 0.849. The Balaban J connectivity index is 1.87. The van der Waals surface area contributed by atoms with Crippen LogP contribution in [0.4, 0.5) is 5.69 Å². The first-order valence-corrected chi connectivity index (χ1v) is 8.29. The van der Waals surface area contributed by atoms with E-state index >= 15 is 0 Å². The van der Waals surface area contributed by atoms with Gasteiger partial charge in [-0.15, -0.1) is 0 Å². The number of nitrogens with one attached hydrogen (secondary N) is 1. The largest absolute Gasteiger partial charge is 0.396 e. The summed E-state index contributed by atoms with van der Waals surface area (Å²) >= 11 is 0. The second kappa shape index (κ2) is 8.30. The van der Waals surface area contributed by atoms with Gasteiger partial charge in [0.15, 0.2) is 0 Å². The minimum atomic E-state index is 0.0795. The van der Waals surface area contributed by atoms with Crippen LogP contribution in [0.25, 0.3) is 0 Å². The van der Waals surface area contributed by atoms with Crippen molar-refractivity contribution in [1.29, 1.82) is 0 Å². The predicted octanol–water partition coefficient (Wildman–Crippen LogP) is 2.88. The molecule has 0 radical (unpaired) electrons. The Morgan fingerprint density at radius 1 is 1.36 bits per heavy atom. The Labute approximate surface area is 133 Å². The number of rotatable bonds is 6. The van der Waals surface area contributed by atoms with Crippen LogP contribution in [0.5, 0.6) is 0 Å². The van der Waals surface area contributed by atoms with E-state index in [1.807, 2.05) is 26.0 Å². The van der Waals surface area contributed by atoms with Crippen molar-refractivity contribution >= 4 is 11.6 Å². The lowest BCUT2D eigenvalue weighted by Crippen LogP contribution is -2.34. The zero-order valence-electron chi connectivity index (χ0n) is 13.7. The summed E-state index contributed by atoms with van der Waals surface area (Å²) in [6.45, 7) is 7.39. The molecule has 1 aliphatic heterocycles. The van der Waals surface area contributed by atoms with Crippen molar-refractivity contribution in [2.24, 2.45) is 11.8 Å². The van der Waals surface area contributed by atoms with Crippen LogP contribution in [0.3, 0.4) is 0 Å². The van der Waals surface area contributed by atoms with Crippen molar-refractivity contribution in [2.75, 3.05) is 25.0 Å². The van der Waals surface area contributed by atoms with E-state index in [0.717, 1.165) is 38.2 Å². The molecule has 0 aliphatic carbocycles. The van der Waals surface area contributed by atoms with Crippen molar-refractivity contribution in [3.05, 3.63) is 29.8 Å². The number of hydrogen-bond donors (Lipinski definition) is 2. The third kappa shape index (κ3) is 5.43. The van der Waals surface area contributed by atoms with Crippen LogP contribution in [0, 0.1) is 11.8 Å². The van der Waals surface area contributed by atoms with Crippen LogP contribution in [-0.4, -0.2) is 35.6 Å². The van der Waals surface area contributed by atoms with Gasteiger partial charge < -0.3 is 10.4 Å². The second-order valence-electron chi connectivity index (χ2n) is 6.75. The normalized spacial score (nSPS) is 16.9. The molecule has 0 spiro atoms. The van der Waals surface area contributed by atoms with E-state index in [1.54, 1.807) is 0 Å². The Hall–Kier alpha value is -1.39. The number of likely N-dealkylation sites (tertiary alicyclic amines) is 1. The molecule has 0 saturated carbocycles. The van der Waals surface area contributed by atoms with Gasteiger partial charge >= 0.3 is 0 Å². The molecule has 4 heteroatoms. The standard InChI is InChI=1S/C18H28N2O2/c1-14(2)10-18(22)19-17-5-3-4-16(11-17)12-20-8-6-15(13-21)7-9-20/h3-5,11,14-15,21H,6-10,12-13H2,1-2H3,(H,19,22). The first kappa shape index (κ1) is 17.0. The number of carbonyl (C=O) groups is 1. The van der Waals surface area contributed by atoms with Gasteiger partial charge in [-0.3, -0.25) is 9.69 Å². The van der Waals surface area contributed by atoms with Crippen LogP contribution >= 0.6 is 0 Å². The molecule has 1 saturated heterocycles. The highest BCUT2D eigenvalue weighted by molar-refractivity contribution is 5.90. The Morgan fingerprint density at radius 3 is 2.73 bits per heavy atom. The molecule has 0 bridgehead atoms. The maximum absolute atomic E-state index is 11.8. The van der Waals surface area contributed by atoms with Crippen LogP contribution in [-0.2, 0) is 11.3 Å². The lowest BCUT2D eigenvalue weighted by Gasteiger charge is -2.31. The van der Waals surface area contributed by atoms with E-state index in [-0.39, 0.29) is 5.91 Å². The number of benzene rings is 1. The van der Waals surface area contributed by atoms with Gasteiger partial charge in [0.1, 0.15) is 0 Å². The summed E-state index contributed by atoms with van der Waals surface area (Å²) in [6.07, 6.45) is 2.70. The molecule has 0 unspecified atom stereocenters. The van der Waals surface area contributed by atoms with Gasteiger partial charge in [-0.1, -0.05) is 26.0 Å². The molecule has 1 amide bonds. The smallest absolute Gasteiger partial charge is 0.224 e. The van der Waals surface area contributed by atoms with Gasteiger partial charge in [0.25, 0.3) is 0 Å². The topological polar surface area (TPSA) is 52.6 Å². The van der Waals surface area contributed by atoms with Gasteiger partial charge in [-0.05, 0) is 55.5 Å². The fourth-order valence-corrected chi connectivity index (χ4v) is 2.92. The molecule has 1 aliphatic rings. The van der Waals surface area contributed by atoms with Crippen molar-refractivity contribution in [3.63, 3.8) is 0 Å². The highest BCUT2D eigenvalue weighted by atomic mass is 16.3. The molecular formula is C18H28N2O2. The van der Waals surface area contributed by atoms with E-state index < -0.39 is 0 Å². The Kier molecular flexibility index (Phi) is 6.40. The number of aliphatic hydroxyl groups is 1. The lowest BCUT2D eigenvalue weighted by atomic mass is 9.97. The average Bonchev–Trinajstić information content (AvgIpc) is 2.47. The molecule has 1 aromatic carbocycles. The number of anilines is 1. The van der Waals surface area contributed by atoms with E-state index in [4.69, 9.17) is 0 Å². The molecule has 0 atom stereocenters. The number of piperidine rings is 1. The molecule has 2 rings (SSSR count). The summed E-state index contributed by atoms with van der Waals surface area (Å²) in [5, 5.41) is 12.2. The van der Waals surface area contributed by atoms with Crippen LogP contribution < -0.4 is 5.32 Å². The molecular weight excluding hydrogens is 276 g/mol. The summed E-state index contributed by atoms with van der Waals surface area (Å²) in [7, 11) is 0. The van der Waals surface area contributed by atoms with Gasteiger partial charge in [0, 0.05) is 25.3 Å². The molecule has 2 N–H and O–H groups in total. The molecule has 1 aromatic rings. The average molecular weight is 304 g/mol. The number of carbonyl (C=O) groups excluding carboxylic acids is 1. The van der Waals surface area contributed by atoms with Gasteiger partial charge in [-0.25, -0.2) is 0 Å². The zero-order chi connectivity index (χ0) is 15.9. The van der Waals surface area contributed by atoms with E-state index in [9.17, 15) is 9.90 Å². The third-order valence-electron chi connectivity index (χ3n) is 4.18. The zero-order valence-corrected chi connectivity index (χ0v) is 13.7. The predicted molar refractivity (Wildman–Crippen MR) is 89.6 cm³/mol. The summed E-state index contributed by atoms with van der Waals surface area (Å²) < 4.78 is 0. The molecule has 22 heavy (non-hydrogen) atoms. The highest BCUT2D eigenvalue weighted by Gasteiger charge is 2.18. The van der Waals surface area contributed by atoms with Crippen molar-refractivity contribution < 1.29 is 9.90 Å². The van der Waals surface area contributed by atoms with Crippen LogP contribution in [0.2, 0.25) is 0 Å². The monoisotopic (exact) mass is 304 g/mol. The highest BCUT2D eigenvalue weighted by Crippen LogP contribution is 2.20. The third-order valence-corrected chi connectivity index (χ3v) is 4.18. The van der Waals surface area contributed by atoms with E-state index in [1.165, 1.54) is 5.56 Å². The lowest BCUT2D eigenvalue weighted by molar-refractivity contribution is -0.116. The minimum absolute atomic E-state index is 0.0795. The molecule has 122 valence electrons. The van der Waals surface area contributed by atoms with E-state index in [0.29, 0.717) is 24.9 Å². The maximum Gasteiger partial charge on any atom is 0.224 e. The molecule has 1 heterocycles. The molecule has 1 fully saturated rings. The van der Waals surface area contributed by atoms with Crippen molar-refractivity contribution in [2.45, 2.75) is 39.7 Å². The first-order valence-electron chi connectivity index (χ1n) is 8.29. The SMILES string of the molecule is CC(C)CC(=O)Nc1cccc(CN2CCC(CO)CC2)c1. The van der Waals surface area contributed by atoms with Gasteiger partial charge in [-0.2, -0.15) is 0 Å². The molecule has 0 aromatic heterocycles. The maximum atomic E-state index is 11.8. The first-order chi connectivity index (χ1) is 10.6. The summed E-state index contributed by atoms with van der Waals surface area (Å²) in [5.74, 6) is 0.921. The van der Waals surface area contributed by atoms with Gasteiger partial charge in [0.05, 0.1) is 0 Å². The fraction of sp³-hybridized carbons (Fsp3) is 0.611. The minimum Gasteiger partial charge on any atom is -0.396 e. The Bertz CT molecular complexity index is 480. The van der Waals surface area contributed by atoms with Crippen LogP contribution in [0.15, 0.2) is 24.3 Å². The Morgan fingerprint density at radius 2 is 2.09 bits per heavy atom. The summed E-state index contributed by atoms with van der Waals surface area (Å²) in [6, 6.07) is 8.12. The number of nitrogens with zero attached hydrogens (tertiary/aromatic N) is 1. The molecule has 4 nitrogen and oxygen atoms in total. The van der Waals surface area contributed by atoms with Gasteiger partial charge in [0.2, 0.25) is 5.91 Å². The summed E-state index contributed by atoms with van der Waals surface area (Å²) in [4.78, 5) is 14.3. The van der Waals surface area contributed by atoms with E-state index in [2.05, 4.69) is 22.3 Å².